The lowest BCUT2D eigenvalue weighted by Crippen LogP contribution is -2.29. The lowest BCUT2D eigenvalue weighted by Gasteiger charge is -2.20. The molecule has 1 aromatic carbocycles. The van der Waals surface area contributed by atoms with E-state index in [2.05, 4.69) is 0 Å². The van der Waals surface area contributed by atoms with Crippen molar-refractivity contribution in [2.45, 2.75) is 6.04 Å². The van der Waals surface area contributed by atoms with Crippen molar-refractivity contribution in [3.05, 3.63) is 35.6 Å². The van der Waals surface area contributed by atoms with Crippen LogP contribution in [0, 0.1) is 17.1 Å². The largest absolute Gasteiger partial charge is 0.212 e. The number of nitriles is 1. The predicted octanol–water partition coefficient (Wildman–Crippen LogP) is 1.28. The molecule has 0 aliphatic heterocycles. The van der Waals surface area contributed by atoms with Crippen LogP contribution in [-0.2, 0) is 10.0 Å². The third kappa shape index (κ3) is 2.78. The lowest BCUT2D eigenvalue weighted by molar-refractivity contribution is 0.436. The zero-order chi connectivity index (χ0) is 12.3. The van der Waals surface area contributed by atoms with E-state index in [-0.39, 0.29) is 0 Å². The highest BCUT2D eigenvalue weighted by Gasteiger charge is 2.23. The van der Waals surface area contributed by atoms with E-state index in [1.807, 2.05) is 6.07 Å². The average molecular weight is 242 g/mol. The molecular formula is C10H11FN2O2S. The average Bonchev–Trinajstić information content (AvgIpc) is 2.20. The summed E-state index contributed by atoms with van der Waals surface area (Å²) in [6.07, 6.45) is 1.01. The second-order valence-corrected chi connectivity index (χ2v) is 5.40. The van der Waals surface area contributed by atoms with E-state index in [9.17, 15) is 12.8 Å². The van der Waals surface area contributed by atoms with Crippen molar-refractivity contribution in [3.8, 4) is 6.07 Å². The maximum atomic E-state index is 12.7. The molecule has 0 amide bonds. The van der Waals surface area contributed by atoms with E-state index in [4.69, 9.17) is 5.26 Å². The van der Waals surface area contributed by atoms with Crippen LogP contribution in [0.4, 0.5) is 4.39 Å². The van der Waals surface area contributed by atoms with Crippen LogP contribution >= 0.6 is 0 Å². The Hall–Kier alpha value is -1.45. The minimum Gasteiger partial charge on any atom is -0.212 e. The molecule has 0 saturated carbocycles. The molecule has 0 aliphatic rings. The molecule has 6 heteroatoms. The summed E-state index contributed by atoms with van der Waals surface area (Å²) in [4.78, 5) is 0. The summed E-state index contributed by atoms with van der Waals surface area (Å²) < 4.78 is 36.2. The van der Waals surface area contributed by atoms with Crippen molar-refractivity contribution in [2.24, 2.45) is 0 Å². The second-order valence-electron chi connectivity index (χ2n) is 3.36. The lowest BCUT2D eigenvalue weighted by atomic mass is 10.1. The van der Waals surface area contributed by atoms with Gasteiger partial charge in [-0.25, -0.2) is 12.8 Å². The van der Waals surface area contributed by atoms with Gasteiger partial charge >= 0.3 is 0 Å². The zero-order valence-electron chi connectivity index (χ0n) is 8.88. The number of rotatable bonds is 3. The smallest absolute Gasteiger partial charge is 0.212 e. The molecule has 86 valence electrons. The summed E-state index contributed by atoms with van der Waals surface area (Å²) in [6.45, 7) is 0. The fourth-order valence-electron chi connectivity index (χ4n) is 1.20. The number of hydrogen-bond acceptors (Lipinski definition) is 3. The molecule has 16 heavy (non-hydrogen) atoms. The molecule has 0 N–H and O–H groups in total. The van der Waals surface area contributed by atoms with Gasteiger partial charge in [0.05, 0.1) is 12.3 Å². The number of nitrogens with zero attached hydrogens (tertiary/aromatic N) is 2. The molecule has 0 aliphatic carbocycles. The first-order chi connectivity index (χ1) is 7.36. The summed E-state index contributed by atoms with van der Waals surface area (Å²) in [5, 5.41) is 8.93. The van der Waals surface area contributed by atoms with Gasteiger partial charge in [-0.05, 0) is 17.7 Å². The van der Waals surface area contributed by atoms with Crippen molar-refractivity contribution < 1.29 is 12.8 Å². The minimum atomic E-state index is -3.46. The van der Waals surface area contributed by atoms with Crippen molar-refractivity contribution in [3.63, 3.8) is 0 Å². The Kier molecular flexibility index (Phi) is 3.62. The number of sulfonamides is 1. The topological polar surface area (TPSA) is 61.2 Å². The summed E-state index contributed by atoms with van der Waals surface area (Å²) >= 11 is 0. The fraction of sp³-hybridized carbons (Fsp3) is 0.300. The zero-order valence-corrected chi connectivity index (χ0v) is 9.70. The van der Waals surface area contributed by atoms with Gasteiger partial charge in [-0.2, -0.15) is 9.57 Å². The van der Waals surface area contributed by atoms with Crippen molar-refractivity contribution in [2.75, 3.05) is 13.3 Å². The van der Waals surface area contributed by atoms with Gasteiger partial charge in [-0.3, -0.25) is 0 Å². The standard InChI is InChI=1S/C10H11FN2O2S/c1-13(16(2,14)15)10(7-12)8-3-5-9(11)6-4-8/h3-6,10H,1-2H3. The molecule has 1 aromatic rings. The highest BCUT2D eigenvalue weighted by molar-refractivity contribution is 7.88. The van der Waals surface area contributed by atoms with Crippen LogP contribution in [0.25, 0.3) is 0 Å². The second kappa shape index (κ2) is 4.60. The molecule has 0 fully saturated rings. The molecule has 0 heterocycles. The summed E-state index contributed by atoms with van der Waals surface area (Å²) in [5.74, 6) is -0.428. The molecule has 1 rings (SSSR count). The Balaban J connectivity index is 3.10. The van der Waals surface area contributed by atoms with Crippen LogP contribution < -0.4 is 0 Å². The Morgan fingerprint density at radius 2 is 1.88 bits per heavy atom. The van der Waals surface area contributed by atoms with Gasteiger partial charge in [-0.1, -0.05) is 12.1 Å². The van der Waals surface area contributed by atoms with E-state index in [1.165, 1.54) is 31.3 Å². The Bertz CT molecular complexity index is 505. The summed E-state index contributed by atoms with van der Waals surface area (Å²) in [5.41, 5.74) is 0.442. The van der Waals surface area contributed by atoms with Gasteiger partial charge in [-0.15, -0.1) is 0 Å². The molecule has 1 unspecified atom stereocenters. The molecule has 0 bridgehead atoms. The highest BCUT2D eigenvalue weighted by Crippen LogP contribution is 2.20. The minimum absolute atomic E-state index is 0.428. The van der Waals surface area contributed by atoms with Gasteiger partial charge in [0.1, 0.15) is 11.9 Å². The van der Waals surface area contributed by atoms with Crippen LogP contribution in [0.15, 0.2) is 24.3 Å². The third-order valence-electron chi connectivity index (χ3n) is 2.19. The summed E-state index contributed by atoms with van der Waals surface area (Å²) in [7, 11) is -2.14. The fourth-order valence-corrected chi connectivity index (χ4v) is 1.75. The molecule has 0 spiro atoms. The molecule has 0 aromatic heterocycles. The van der Waals surface area contributed by atoms with E-state index >= 15 is 0 Å². The first kappa shape index (κ1) is 12.6. The van der Waals surface area contributed by atoms with E-state index in [0.717, 1.165) is 10.6 Å². The molecule has 0 radical (unpaired) electrons. The number of hydrogen-bond donors (Lipinski definition) is 0. The van der Waals surface area contributed by atoms with Crippen LogP contribution in [-0.4, -0.2) is 26.0 Å². The van der Waals surface area contributed by atoms with Gasteiger partial charge in [0, 0.05) is 7.05 Å². The SMILES string of the molecule is CN(C(C#N)c1ccc(F)cc1)S(C)(=O)=O. The number of benzene rings is 1. The van der Waals surface area contributed by atoms with Gasteiger partial charge in [0.25, 0.3) is 0 Å². The van der Waals surface area contributed by atoms with Crippen molar-refractivity contribution in [1.29, 1.82) is 5.26 Å². The highest BCUT2D eigenvalue weighted by atomic mass is 32.2. The Labute approximate surface area is 94.0 Å². The maximum Gasteiger partial charge on any atom is 0.212 e. The van der Waals surface area contributed by atoms with Gasteiger partial charge < -0.3 is 0 Å². The van der Waals surface area contributed by atoms with Gasteiger partial charge in [0.15, 0.2) is 0 Å². The summed E-state index contributed by atoms with van der Waals surface area (Å²) in [6, 6.07) is 6.10. The van der Waals surface area contributed by atoms with E-state index in [0.29, 0.717) is 5.56 Å². The Morgan fingerprint density at radius 1 is 1.38 bits per heavy atom. The van der Waals surface area contributed by atoms with Crippen molar-refractivity contribution in [1.82, 2.24) is 4.31 Å². The Morgan fingerprint density at radius 3 is 2.25 bits per heavy atom. The first-order valence-corrected chi connectivity index (χ1v) is 6.29. The maximum absolute atomic E-state index is 12.7. The molecule has 1 atom stereocenters. The normalized spacial score (nSPS) is 13.4. The van der Waals surface area contributed by atoms with Crippen molar-refractivity contribution >= 4 is 10.0 Å². The predicted molar refractivity (Wildman–Crippen MR) is 57.4 cm³/mol. The molecule has 4 nitrogen and oxygen atoms in total. The monoisotopic (exact) mass is 242 g/mol. The quantitative estimate of drug-likeness (QED) is 0.802. The van der Waals surface area contributed by atoms with E-state index in [1.54, 1.807) is 0 Å². The first-order valence-electron chi connectivity index (χ1n) is 4.44. The van der Waals surface area contributed by atoms with E-state index < -0.39 is 21.9 Å². The molecular weight excluding hydrogens is 231 g/mol. The van der Waals surface area contributed by atoms with Gasteiger partial charge in [0.2, 0.25) is 10.0 Å². The third-order valence-corrected chi connectivity index (χ3v) is 3.45. The van der Waals surface area contributed by atoms with Crippen LogP contribution in [0.2, 0.25) is 0 Å². The van der Waals surface area contributed by atoms with Crippen LogP contribution in [0.5, 0.6) is 0 Å². The van der Waals surface area contributed by atoms with Crippen LogP contribution in [0.3, 0.4) is 0 Å². The molecule has 0 saturated heterocycles. The number of halogens is 1. The van der Waals surface area contributed by atoms with Crippen LogP contribution in [0.1, 0.15) is 11.6 Å².